The first-order valence-electron chi connectivity index (χ1n) is 8.83. The molecule has 2 rings (SSSR count). The molecule has 1 aromatic heterocycles. The minimum Gasteiger partial charge on any atom is -0.494 e. The maximum absolute atomic E-state index is 12.3. The van der Waals surface area contributed by atoms with Gasteiger partial charge in [-0.25, -0.2) is 0 Å². The van der Waals surface area contributed by atoms with E-state index in [4.69, 9.17) is 4.74 Å². The highest BCUT2D eigenvalue weighted by Crippen LogP contribution is 2.25. The number of hydrogen-bond acceptors (Lipinski definition) is 4. The molecule has 1 aromatic carbocycles. The molecular weight excluding hydrogens is 348 g/mol. The zero-order valence-corrected chi connectivity index (χ0v) is 16.3. The van der Waals surface area contributed by atoms with Crippen molar-refractivity contribution in [2.75, 3.05) is 13.2 Å². The van der Waals surface area contributed by atoms with E-state index in [1.165, 1.54) is 0 Å². The Kier molecular flexibility index (Phi) is 7.66. The molecule has 0 fully saturated rings. The highest BCUT2D eigenvalue weighted by Gasteiger charge is 2.17. The van der Waals surface area contributed by atoms with Crippen LogP contribution < -0.4 is 15.4 Å². The van der Waals surface area contributed by atoms with E-state index in [1.807, 2.05) is 24.4 Å². The Morgan fingerprint density at radius 2 is 1.88 bits per heavy atom. The summed E-state index contributed by atoms with van der Waals surface area (Å²) < 4.78 is 5.35. The van der Waals surface area contributed by atoms with Crippen molar-refractivity contribution < 1.29 is 14.3 Å². The number of thiophene rings is 1. The van der Waals surface area contributed by atoms with Crippen LogP contribution in [0.2, 0.25) is 0 Å². The summed E-state index contributed by atoms with van der Waals surface area (Å²) in [4.78, 5) is 25.6. The van der Waals surface area contributed by atoms with Crippen LogP contribution in [0.15, 0.2) is 41.8 Å². The summed E-state index contributed by atoms with van der Waals surface area (Å²) in [6, 6.07) is 10.8. The van der Waals surface area contributed by atoms with Crippen LogP contribution in [0.1, 0.15) is 48.5 Å². The number of rotatable bonds is 9. The molecule has 0 aliphatic heterocycles. The van der Waals surface area contributed by atoms with Gasteiger partial charge in [-0.2, -0.15) is 0 Å². The second-order valence-corrected chi connectivity index (χ2v) is 7.38. The molecule has 0 aliphatic carbocycles. The van der Waals surface area contributed by atoms with Crippen molar-refractivity contribution in [2.45, 2.75) is 33.2 Å². The summed E-state index contributed by atoms with van der Waals surface area (Å²) in [5.74, 6) is 0.707. The molecule has 2 N–H and O–H groups in total. The Morgan fingerprint density at radius 3 is 2.46 bits per heavy atom. The lowest BCUT2D eigenvalue weighted by molar-refractivity contribution is -0.120. The maximum Gasteiger partial charge on any atom is 0.251 e. The van der Waals surface area contributed by atoms with E-state index >= 15 is 0 Å². The summed E-state index contributed by atoms with van der Waals surface area (Å²) in [5.41, 5.74) is 0.498. The molecule has 5 nitrogen and oxygen atoms in total. The van der Waals surface area contributed by atoms with Gasteiger partial charge in [-0.3, -0.25) is 9.59 Å². The van der Waals surface area contributed by atoms with Gasteiger partial charge in [0, 0.05) is 10.4 Å². The first-order chi connectivity index (χ1) is 12.5. The van der Waals surface area contributed by atoms with E-state index in [2.05, 4.69) is 24.5 Å². The molecule has 6 heteroatoms. The van der Waals surface area contributed by atoms with Crippen LogP contribution in [0.5, 0.6) is 5.75 Å². The van der Waals surface area contributed by atoms with Crippen LogP contribution in [-0.2, 0) is 4.79 Å². The highest BCUT2D eigenvalue weighted by molar-refractivity contribution is 7.10. The molecule has 0 spiro atoms. The summed E-state index contributed by atoms with van der Waals surface area (Å²) in [7, 11) is 0. The largest absolute Gasteiger partial charge is 0.494 e. The lowest BCUT2D eigenvalue weighted by Gasteiger charge is -2.19. The smallest absolute Gasteiger partial charge is 0.251 e. The van der Waals surface area contributed by atoms with E-state index in [0.717, 1.165) is 11.3 Å². The van der Waals surface area contributed by atoms with Gasteiger partial charge in [0.1, 0.15) is 5.75 Å². The predicted molar refractivity (Wildman–Crippen MR) is 105 cm³/mol. The van der Waals surface area contributed by atoms with Crippen LogP contribution in [0.4, 0.5) is 0 Å². The normalized spacial score (nSPS) is 11.8. The number of nitrogens with one attached hydrogen (secondary N) is 2. The Balaban J connectivity index is 1.87. The van der Waals surface area contributed by atoms with Gasteiger partial charge >= 0.3 is 0 Å². The van der Waals surface area contributed by atoms with E-state index in [9.17, 15) is 9.59 Å². The zero-order chi connectivity index (χ0) is 18.9. The molecule has 0 saturated heterocycles. The third-order valence-corrected chi connectivity index (χ3v) is 4.75. The lowest BCUT2D eigenvalue weighted by Crippen LogP contribution is -2.38. The summed E-state index contributed by atoms with van der Waals surface area (Å²) in [5, 5.41) is 7.69. The van der Waals surface area contributed by atoms with E-state index in [1.54, 1.807) is 35.6 Å². The topological polar surface area (TPSA) is 67.4 Å². The van der Waals surface area contributed by atoms with Crippen molar-refractivity contribution >= 4 is 23.2 Å². The fourth-order valence-electron chi connectivity index (χ4n) is 2.58. The molecule has 0 saturated carbocycles. The van der Waals surface area contributed by atoms with Crippen LogP contribution in [-0.4, -0.2) is 25.0 Å². The second-order valence-electron chi connectivity index (χ2n) is 6.41. The summed E-state index contributed by atoms with van der Waals surface area (Å²) in [6.07, 6.45) is 0.860. The van der Waals surface area contributed by atoms with E-state index in [-0.39, 0.29) is 24.4 Å². The van der Waals surface area contributed by atoms with Gasteiger partial charge in [-0.15, -0.1) is 11.3 Å². The van der Waals surface area contributed by atoms with Gasteiger partial charge in [0.2, 0.25) is 5.91 Å². The number of ether oxygens (including phenoxy) is 1. The van der Waals surface area contributed by atoms with Crippen LogP contribution in [0.3, 0.4) is 0 Å². The average Bonchev–Trinajstić information content (AvgIpc) is 3.14. The molecule has 2 aromatic rings. The van der Waals surface area contributed by atoms with Gasteiger partial charge in [0.15, 0.2) is 0 Å². The van der Waals surface area contributed by atoms with Crippen molar-refractivity contribution in [1.82, 2.24) is 10.6 Å². The molecule has 26 heavy (non-hydrogen) atoms. The van der Waals surface area contributed by atoms with Gasteiger partial charge in [-0.05, 0) is 55.0 Å². The first-order valence-corrected chi connectivity index (χ1v) is 9.71. The van der Waals surface area contributed by atoms with Crippen molar-refractivity contribution in [2.24, 2.45) is 5.92 Å². The van der Waals surface area contributed by atoms with Crippen molar-refractivity contribution in [3.63, 3.8) is 0 Å². The summed E-state index contributed by atoms with van der Waals surface area (Å²) in [6.45, 7) is 6.68. The van der Waals surface area contributed by atoms with Crippen LogP contribution >= 0.6 is 11.3 Å². The molecule has 140 valence electrons. The van der Waals surface area contributed by atoms with Crippen molar-refractivity contribution in [3.8, 4) is 5.75 Å². The third-order valence-electron chi connectivity index (χ3n) is 3.77. The zero-order valence-electron chi connectivity index (χ0n) is 15.5. The molecule has 1 unspecified atom stereocenters. The number of hydrogen-bond donors (Lipinski definition) is 2. The number of carbonyl (C=O) groups is 2. The second kappa shape index (κ2) is 9.97. The fraction of sp³-hybridized carbons (Fsp3) is 0.400. The maximum atomic E-state index is 12.3. The van der Waals surface area contributed by atoms with Gasteiger partial charge in [0.05, 0.1) is 19.2 Å². The quantitative estimate of drug-likeness (QED) is 0.702. The fourth-order valence-corrected chi connectivity index (χ4v) is 3.38. The van der Waals surface area contributed by atoms with E-state index < -0.39 is 0 Å². The monoisotopic (exact) mass is 374 g/mol. The number of benzene rings is 1. The first kappa shape index (κ1) is 20.0. The Bertz CT molecular complexity index is 696. The lowest BCUT2D eigenvalue weighted by atomic mass is 10.0. The summed E-state index contributed by atoms with van der Waals surface area (Å²) >= 11 is 1.63. The third kappa shape index (κ3) is 6.19. The van der Waals surface area contributed by atoms with Gasteiger partial charge in [-0.1, -0.05) is 19.9 Å². The number of amides is 2. The van der Waals surface area contributed by atoms with Gasteiger partial charge in [0.25, 0.3) is 5.91 Å². The van der Waals surface area contributed by atoms with E-state index in [0.29, 0.717) is 23.8 Å². The molecule has 1 atom stereocenters. The van der Waals surface area contributed by atoms with Crippen LogP contribution in [0, 0.1) is 5.92 Å². The van der Waals surface area contributed by atoms with Crippen LogP contribution in [0.25, 0.3) is 0 Å². The average molecular weight is 375 g/mol. The highest BCUT2D eigenvalue weighted by atomic mass is 32.1. The Labute approximate surface area is 158 Å². The molecule has 1 heterocycles. The Morgan fingerprint density at radius 1 is 1.15 bits per heavy atom. The number of carbonyl (C=O) groups excluding carboxylic acids is 2. The minimum absolute atomic E-state index is 0.0233. The minimum atomic E-state index is -0.278. The molecule has 0 radical (unpaired) electrons. The van der Waals surface area contributed by atoms with Gasteiger partial charge < -0.3 is 15.4 Å². The Hall–Kier alpha value is -2.34. The SMILES string of the molecule is CCOc1ccc(C(=O)NCC(=O)NC(CC(C)C)c2cccs2)cc1. The van der Waals surface area contributed by atoms with Crippen molar-refractivity contribution in [3.05, 3.63) is 52.2 Å². The molecule has 0 bridgehead atoms. The molecular formula is C20H26N2O3S. The molecule has 0 aliphatic rings. The standard InChI is InChI=1S/C20H26N2O3S/c1-4-25-16-9-7-15(8-10-16)20(24)21-13-19(23)22-17(12-14(2)3)18-6-5-11-26-18/h5-11,14,17H,4,12-13H2,1-3H3,(H,21,24)(H,22,23). The molecule has 2 amide bonds. The predicted octanol–water partition coefficient (Wildman–Crippen LogP) is 3.78. The van der Waals surface area contributed by atoms with Crippen molar-refractivity contribution in [1.29, 1.82) is 0 Å².